The molecule has 1 amide bonds. The van der Waals surface area contributed by atoms with Crippen LogP contribution < -0.4 is 5.32 Å². The highest BCUT2D eigenvalue weighted by molar-refractivity contribution is 5.99. The minimum absolute atomic E-state index is 0. The molecular weight excluding hydrogens is 734 g/mol. The highest BCUT2D eigenvalue weighted by Gasteiger charge is 2.58. The second-order valence-corrected chi connectivity index (χ2v) is 16.9. The number of esters is 1. The van der Waals surface area contributed by atoms with E-state index in [1.54, 1.807) is 22.9 Å². The molecule has 0 radical (unpaired) electrons. The Morgan fingerprint density at radius 3 is 2.49 bits per heavy atom. The van der Waals surface area contributed by atoms with E-state index in [0.29, 0.717) is 51.0 Å². The van der Waals surface area contributed by atoms with Gasteiger partial charge in [0.25, 0.3) is 0 Å². The number of ketones is 1. The normalized spacial score (nSPS) is 36.0. The Bertz CT molecular complexity index is 1650. The van der Waals surface area contributed by atoms with Gasteiger partial charge in [-0.2, -0.15) is 0 Å². The molecule has 0 aromatic carbocycles. The summed E-state index contributed by atoms with van der Waals surface area (Å²) in [6, 6.07) is 4.63. The molecule has 12 atom stereocenters. The van der Waals surface area contributed by atoms with E-state index >= 15 is 0 Å². The molecule has 3 aliphatic heterocycles. The smallest absolute Gasteiger partial charge is 0.410 e. The molecule has 3 fully saturated rings. The molecule has 16 nitrogen and oxygen atoms in total. The van der Waals surface area contributed by atoms with Gasteiger partial charge in [-0.25, -0.2) is 4.79 Å². The first kappa shape index (κ1) is 44.6. The maximum Gasteiger partial charge on any atom is 0.410 e. The fourth-order valence-electron chi connectivity index (χ4n) is 8.75. The number of aliphatic hydroxyl groups is 1. The average Bonchev–Trinajstić information content (AvgIpc) is 3.76. The minimum Gasteiger partial charge on any atom is -0.458 e. The number of likely N-dealkylation sites (N-methyl/N-ethyl adjacent to an activating group) is 1. The molecule has 3 aliphatic rings. The molecule has 2 aromatic rings. The minimum atomic E-state index is -1.22. The Balaban J connectivity index is 0.00000744. The van der Waals surface area contributed by atoms with E-state index in [-0.39, 0.29) is 32.0 Å². The van der Waals surface area contributed by atoms with Gasteiger partial charge in [0.15, 0.2) is 11.9 Å². The molecular formula is C41H67N7O9. The quantitative estimate of drug-likeness (QED) is 0.189. The average molecular weight is 802 g/mol. The van der Waals surface area contributed by atoms with E-state index in [4.69, 9.17) is 23.7 Å². The number of hydrogen-bond donors (Lipinski definition) is 2. The van der Waals surface area contributed by atoms with Crippen molar-refractivity contribution in [2.24, 2.45) is 11.8 Å². The standard InChI is InChI=1S/C41H65N7O9.H2/c1-11-33-41(7)36(48(39(52)57-41)19-15-14-18-47-24-30(44-45-47)29-16-12-13-17-42-29)28(5)43-23-25(2)22-40(6,53-10)34(21-32(49)27(4)37(51)55-33)56-38-35(50)31(46(8)9)20-26(3)54-38;/h12-13,16-17,24-28,31,33-36,38,43,50H,11,14-15,18-23H2,1-10H3;1H/t25-,26-,27-,28-,31?,33-,34-,35?,36-,38+,40+,41-;/m1./s1. The molecule has 3 saturated heterocycles. The summed E-state index contributed by atoms with van der Waals surface area (Å²) in [6.07, 6.45) is 1.85. The maximum atomic E-state index is 14.0. The maximum absolute atomic E-state index is 14.0. The van der Waals surface area contributed by atoms with Crippen molar-refractivity contribution in [2.75, 3.05) is 34.3 Å². The number of nitrogens with zero attached hydrogens (tertiary/aromatic N) is 6. The Hall–Kier alpha value is -3.54. The topological polar surface area (TPSA) is 180 Å². The first-order chi connectivity index (χ1) is 27.0. The van der Waals surface area contributed by atoms with E-state index < -0.39 is 65.6 Å². The van der Waals surface area contributed by atoms with Gasteiger partial charge in [-0.1, -0.05) is 25.1 Å². The van der Waals surface area contributed by atoms with Crippen LogP contribution in [0.3, 0.4) is 0 Å². The third kappa shape index (κ3) is 10.2. The largest absolute Gasteiger partial charge is 0.458 e. The third-order valence-corrected chi connectivity index (χ3v) is 12.2. The highest BCUT2D eigenvalue weighted by Crippen LogP contribution is 2.39. The number of aryl methyl sites for hydroxylation is 1. The lowest BCUT2D eigenvalue weighted by molar-refractivity contribution is -0.289. The molecule has 320 valence electrons. The van der Waals surface area contributed by atoms with Crippen LogP contribution in [-0.4, -0.2) is 147 Å². The summed E-state index contributed by atoms with van der Waals surface area (Å²) < 4.78 is 33.0. The van der Waals surface area contributed by atoms with Crippen molar-refractivity contribution in [1.29, 1.82) is 0 Å². The predicted molar refractivity (Wildman–Crippen MR) is 213 cm³/mol. The van der Waals surface area contributed by atoms with Crippen LogP contribution in [0.5, 0.6) is 0 Å². The Kier molecular flexibility index (Phi) is 14.9. The van der Waals surface area contributed by atoms with E-state index in [0.717, 1.165) is 12.1 Å². The van der Waals surface area contributed by atoms with Crippen molar-refractivity contribution < 1.29 is 44.6 Å². The molecule has 5 heterocycles. The van der Waals surface area contributed by atoms with Crippen LogP contribution in [-0.2, 0) is 39.8 Å². The summed E-state index contributed by atoms with van der Waals surface area (Å²) >= 11 is 0. The fourth-order valence-corrected chi connectivity index (χ4v) is 8.75. The lowest BCUT2D eigenvalue weighted by atomic mass is 9.83. The number of rotatable bonds is 11. The van der Waals surface area contributed by atoms with Gasteiger partial charge in [-0.05, 0) is 105 Å². The van der Waals surface area contributed by atoms with Crippen molar-refractivity contribution in [2.45, 2.75) is 154 Å². The second kappa shape index (κ2) is 19.0. The van der Waals surface area contributed by atoms with Crippen LogP contribution in [0, 0.1) is 11.8 Å². The molecule has 2 aromatic heterocycles. The summed E-state index contributed by atoms with van der Waals surface area (Å²) in [6.45, 7) is 14.7. The Morgan fingerprint density at radius 2 is 1.82 bits per heavy atom. The third-order valence-electron chi connectivity index (χ3n) is 12.2. The van der Waals surface area contributed by atoms with Gasteiger partial charge in [0.05, 0.1) is 35.7 Å². The Morgan fingerprint density at radius 1 is 1.09 bits per heavy atom. The summed E-state index contributed by atoms with van der Waals surface area (Å²) in [5.41, 5.74) is -0.795. The number of unbranched alkanes of at least 4 members (excludes halogenated alkanes) is 1. The predicted octanol–water partition coefficient (Wildman–Crippen LogP) is 4.10. The van der Waals surface area contributed by atoms with Gasteiger partial charge in [-0.3, -0.25) is 24.2 Å². The van der Waals surface area contributed by atoms with Gasteiger partial charge in [0.2, 0.25) is 0 Å². The zero-order valence-electron chi connectivity index (χ0n) is 35.4. The Labute approximate surface area is 338 Å². The molecule has 16 heteroatoms. The van der Waals surface area contributed by atoms with Crippen LogP contribution >= 0.6 is 0 Å². The molecule has 0 bridgehead atoms. The van der Waals surface area contributed by atoms with Gasteiger partial charge in [-0.15, -0.1) is 5.10 Å². The number of carbonyl (C=O) groups is 3. The van der Waals surface area contributed by atoms with Crippen LogP contribution in [0.1, 0.15) is 88.4 Å². The van der Waals surface area contributed by atoms with Gasteiger partial charge >= 0.3 is 12.1 Å². The number of hydrogen-bond acceptors (Lipinski definition) is 14. The molecule has 2 unspecified atom stereocenters. The SMILES string of the molecule is CC[C@H]1OC(=O)[C@H](C)C(=O)C[C@@H](O[C@@H]2O[C@H](C)CC(N(C)C)C2O)[C@@](C)(OC)C[C@@H](C)CN[C@H](C)[C@H]2N(CCCCn3cc(-c4ccccn4)nn3)C(=O)O[C@]12C.[HH]. The van der Waals surface area contributed by atoms with E-state index in [1.807, 2.05) is 78.0 Å². The summed E-state index contributed by atoms with van der Waals surface area (Å²) in [7, 11) is 5.38. The van der Waals surface area contributed by atoms with Crippen LogP contribution in [0.2, 0.25) is 0 Å². The zero-order valence-corrected chi connectivity index (χ0v) is 35.4. The summed E-state index contributed by atoms with van der Waals surface area (Å²) in [4.78, 5) is 49.7. The van der Waals surface area contributed by atoms with Crippen LogP contribution in [0.15, 0.2) is 30.6 Å². The number of pyridine rings is 1. The van der Waals surface area contributed by atoms with Crippen molar-refractivity contribution in [3.63, 3.8) is 0 Å². The summed E-state index contributed by atoms with van der Waals surface area (Å²) in [5.74, 6) is -2.26. The number of amides is 1. The number of nitrogens with one attached hydrogen (secondary N) is 1. The summed E-state index contributed by atoms with van der Waals surface area (Å²) in [5, 5.41) is 23.5. The lowest BCUT2D eigenvalue weighted by Crippen LogP contribution is -2.61. The molecule has 2 N–H and O–H groups in total. The number of carbonyl (C=O) groups excluding carboxylic acids is 3. The van der Waals surface area contributed by atoms with E-state index in [9.17, 15) is 19.5 Å². The molecule has 0 saturated carbocycles. The van der Waals surface area contributed by atoms with Gasteiger partial charge < -0.3 is 39.0 Å². The first-order valence-corrected chi connectivity index (χ1v) is 20.5. The van der Waals surface area contributed by atoms with Crippen molar-refractivity contribution >= 4 is 17.8 Å². The molecule has 0 spiro atoms. The molecule has 0 aliphatic carbocycles. The number of aliphatic hydroxyl groups excluding tert-OH is 1. The monoisotopic (exact) mass is 802 g/mol. The number of fused-ring (bicyclic) bond motifs is 1. The lowest BCUT2D eigenvalue weighted by Gasteiger charge is -2.45. The number of methoxy groups -OCH3 is 1. The van der Waals surface area contributed by atoms with E-state index in [2.05, 4.69) is 27.5 Å². The van der Waals surface area contributed by atoms with Gasteiger partial charge in [0, 0.05) is 46.3 Å². The number of cyclic esters (lactones) is 1. The van der Waals surface area contributed by atoms with Crippen molar-refractivity contribution in [3.8, 4) is 11.4 Å². The molecule has 5 rings (SSSR count). The van der Waals surface area contributed by atoms with Crippen molar-refractivity contribution in [1.82, 2.24) is 35.1 Å². The zero-order chi connectivity index (χ0) is 41.7. The van der Waals surface area contributed by atoms with E-state index in [1.165, 1.54) is 6.92 Å². The highest BCUT2D eigenvalue weighted by atomic mass is 16.7. The fraction of sp³-hybridized carbons (Fsp3) is 0.756. The van der Waals surface area contributed by atoms with Crippen LogP contribution in [0.4, 0.5) is 4.79 Å². The van der Waals surface area contributed by atoms with Crippen LogP contribution in [0.25, 0.3) is 11.4 Å². The molecule has 57 heavy (non-hydrogen) atoms. The number of ether oxygens (including phenoxy) is 5. The van der Waals surface area contributed by atoms with Gasteiger partial charge in [0.1, 0.15) is 29.6 Å². The number of aromatic nitrogens is 4. The number of Topliss-reactive ketones (excluding diaryl/α,β-unsaturated/α-hetero) is 1. The first-order valence-electron chi connectivity index (χ1n) is 20.5. The van der Waals surface area contributed by atoms with Crippen molar-refractivity contribution in [3.05, 3.63) is 30.6 Å². The second-order valence-electron chi connectivity index (χ2n) is 16.9.